The summed E-state index contributed by atoms with van der Waals surface area (Å²) in [6.07, 6.45) is 3.33. The van der Waals surface area contributed by atoms with Crippen molar-refractivity contribution < 1.29 is 13.2 Å². The van der Waals surface area contributed by atoms with Crippen molar-refractivity contribution in [2.75, 3.05) is 0 Å². The van der Waals surface area contributed by atoms with Crippen molar-refractivity contribution in [3.05, 3.63) is 18.2 Å². The Morgan fingerprint density at radius 3 is 2.67 bits per heavy atom. The van der Waals surface area contributed by atoms with Crippen LogP contribution in [0.3, 0.4) is 0 Å². The fourth-order valence-electron chi connectivity index (χ4n) is 1.50. The SMILES string of the molecule is Cn1cnc(C2CC(=O)N2S(=O)(=O)Cl)c1. The van der Waals surface area contributed by atoms with Gasteiger partial charge in [-0.05, 0) is 0 Å². The summed E-state index contributed by atoms with van der Waals surface area (Å²) in [5.74, 6) is -0.499. The average Bonchev–Trinajstić information content (AvgIpc) is 2.43. The van der Waals surface area contributed by atoms with Crippen LogP contribution < -0.4 is 0 Å². The van der Waals surface area contributed by atoms with E-state index in [1.165, 1.54) is 6.33 Å². The lowest BCUT2D eigenvalue weighted by Crippen LogP contribution is -2.48. The van der Waals surface area contributed by atoms with Gasteiger partial charge in [-0.2, -0.15) is 8.42 Å². The molecular weight excluding hydrogens is 242 g/mol. The molecule has 0 bridgehead atoms. The van der Waals surface area contributed by atoms with Gasteiger partial charge in [-0.1, -0.05) is 0 Å². The number of halogens is 1. The second kappa shape index (κ2) is 3.21. The molecule has 1 atom stereocenters. The van der Waals surface area contributed by atoms with E-state index in [2.05, 4.69) is 4.98 Å². The van der Waals surface area contributed by atoms with E-state index in [0.717, 1.165) is 0 Å². The van der Waals surface area contributed by atoms with E-state index < -0.39 is 21.2 Å². The zero-order valence-electron chi connectivity index (χ0n) is 7.79. The summed E-state index contributed by atoms with van der Waals surface area (Å²) >= 11 is 0. The van der Waals surface area contributed by atoms with Gasteiger partial charge in [0, 0.05) is 23.9 Å². The minimum atomic E-state index is -4.00. The summed E-state index contributed by atoms with van der Waals surface area (Å²) in [6, 6.07) is -0.554. The first kappa shape index (κ1) is 10.4. The highest BCUT2D eigenvalue weighted by Crippen LogP contribution is 2.37. The topological polar surface area (TPSA) is 72.3 Å². The molecule has 2 heterocycles. The van der Waals surface area contributed by atoms with Gasteiger partial charge in [0.2, 0.25) is 5.91 Å². The molecule has 0 saturated carbocycles. The highest BCUT2D eigenvalue weighted by atomic mass is 35.7. The lowest BCUT2D eigenvalue weighted by molar-refractivity contribution is -0.137. The number of aromatic nitrogens is 2. The van der Waals surface area contributed by atoms with Crippen molar-refractivity contribution >= 4 is 25.8 Å². The molecule has 1 aromatic heterocycles. The smallest absolute Gasteiger partial charge is 0.324 e. The number of β-lactam (4-membered cyclic amide) rings is 1. The molecule has 1 aliphatic rings. The number of carbonyl (C=O) groups excluding carboxylic acids is 1. The Bertz CT molecular complexity index is 509. The van der Waals surface area contributed by atoms with Crippen molar-refractivity contribution in [1.29, 1.82) is 0 Å². The maximum Gasteiger partial charge on any atom is 0.324 e. The minimum absolute atomic E-state index is 0.128. The molecular formula is C7H8ClN3O3S. The highest BCUT2D eigenvalue weighted by Gasteiger charge is 2.45. The van der Waals surface area contributed by atoms with Crippen LogP contribution in [0.5, 0.6) is 0 Å². The molecule has 0 aliphatic carbocycles. The van der Waals surface area contributed by atoms with E-state index in [-0.39, 0.29) is 6.42 Å². The van der Waals surface area contributed by atoms with Crippen LogP contribution in [-0.2, 0) is 21.1 Å². The van der Waals surface area contributed by atoms with E-state index >= 15 is 0 Å². The zero-order chi connectivity index (χ0) is 11.2. The molecule has 1 aromatic rings. The van der Waals surface area contributed by atoms with Crippen LogP contribution in [0.1, 0.15) is 18.2 Å². The fourth-order valence-corrected chi connectivity index (χ4v) is 2.83. The largest absolute Gasteiger partial charge is 0.340 e. The Kier molecular flexibility index (Phi) is 2.23. The van der Waals surface area contributed by atoms with Crippen LogP contribution in [0, 0.1) is 0 Å². The first-order valence-electron chi connectivity index (χ1n) is 4.14. The molecule has 6 nitrogen and oxygen atoms in total. The number of imidazole rings is 1. The van der Waals surface area contributed by atoms with Gasteiger partial charge in [0.05, 0.1) is 18.4 Å². The van der Waals surface area contributed by atoms with Crippen molar-refractivity contribution in [1.82, 2.24) is 13.9 Å². The first-order chi connectivity index (χ1) is 6.89. The molecule has 1 aliphatic heterocycles. The Morgan fingerprint density at radius 1 is 1.60 bits per heavy atom. The van der Waals surface area contributed by atoms with Gasteiger partial charge in [0.1, 0.15) is 6.04 Å². The van der Waals surface area contributed by atoms with Crippen molar-refractivity contribution in [2.24, 2.45) is 7.05 Å². The van der Waals surface area contributed by atoms with Crippen molar-refractivity contribution in [3.8, 4) is 0 Å². The molecule has 0 spiro atoms. The second-order valence-electron chi connectivity index (χ2n) is 3.32. The number of nitrogens with zero attached hydrogens (tertiary/aromatic N) is 3. The molecule has 82 valence electrons. The van der Waals surface area contributed by atoms with Gasteiger partial charge < -0.3 is 4.57 Å². The number of aryl methyl sites for hydroxylation is 1. The predicted octanol–water partition coefficient (Wildman–Crippen LogP) is 0.177. The van der Waals surface area contributed by atoms with E-state index in [1.807, 2.05) is 0 Å². The van der Waals surface area contributed by atoms with Gasteiger partial charge in [-0.15, -0.1) is 0 Å². The van der Waals surface area contributed by atoms with E-state index in [1.54, 1.807) is 17.8 Å². The Labute approximate surface area is 91.0 Å². The van der Waals surface area contributed by atoms with Gasteiger partial charge in [0.15, 0.2) is 0 Å². The summed E-state index contributed by atoms with van der Waals surface area (Å²) in [4.78, 5) is 15.1. The molecule has 1 amide bonds. The molecule has 0 N–H and O–H groups in total. The molecule has 1 unspecified atom stereocenters. The number of carbonyl (C=O) groups is 1. The molecule has 15 heavy (non-hydrogen) atoms. The summed E-state index contributed by atoms with van der Waals surface area (Å²) < 4.78 is 24.4. The normalized spacial score (nSPS) is 21.6. The Hall–Kier alpha value is -1.08. The van der Waals surface area contributed by atoms with E-state index in [9.17, 15) is 13.2 Å². The molecule has 1 saturated heterocycles. The van der Waals surface area contributed by atoms with Crippen LogP contribution in [0.15, 0.2) is 12.5 Å². The molecule has 8 heteroatoms. The number of amides is 1. The Balaban J connectivity index is 2.30. The monoisotopic (exact) mass is 249 g/mol. The highest BCUT2D eigenvalue weighted by molar-refractivity contribution is 8.12. The van der Waals surface area contributed by atoms with E-state index in [4.69, 9.17) is 10.7 Å². The lowest BCUT2D eigenvalue weighted by atomic mass is 10.0. The molecule has 2 rings (SSSR count). The predicted molar refractivity (Wildman–Crippen MR) is 52.2 cm³/mol. The fraction of sp³-hybridized carbons (Fsp3) is 0.429. The minimum Gasteiger partial charge on any atom is -0.340 e. The van der Waals surface area contributed by atoms with Crippen molar-refractivity contribution in [3.63, 3.8) is 0 Å². The van der Waals surface area contributed by atoms with Crippen LogP contribution in [0.2, 0.25) is 0 Å². The molecule has 1 fully saturated rings. The maximum absolute atomic E-state index is 11.1. The summed E-state index contributed by atoms with van der Waals surface area (Å²) in [5.41, 5.74) is 0.529. The third-order valence-electron chi connectivity index (χ3n) is 2.20. The van der Waals surface area contributed by atoms with Crippen molar-refractivity contribution in [2.45, 2.75) is 12.5 Å². The third-order valence-corrected chi connectivity index (χ3v) is 3.57. The zero-order valence-corrected chi connectivity index (χ0v) is 9.36. The number of hydrogen-bond donors (Lipinski definition) is 0. The average molecular weight is 250 g/mol. The number of hydrogen-bond acceptors (Lipinski definition) is 4. The van der Waals surface area contributed by atoms with Gasteiger partial charge in [0.25, 0.3) is 0 Å². The van der Waals surface area contributed by atoms with Crippen LogP contribution in [0.4, 0.5) is 0 Å². The first-order valence-corrected chi connectivity index (χ1v) is 6.41. The second-order valence-corrected chi connectivity index (χ2v) is 5.70. The summed E-state index contributed by atoms with van der Waals surface area (Å²) in [5, 5.41) is 0. The van der Waals surface area contributed by atoms with E-state index in [0.29, 0.717) is 10.00 Å². The summed E-state index contributed by atoms with van der Waals surface area (Å²) in [7, 11) is 2.89. The van der Waals surface area contributed by atoms with Gasteiger partial charge >= 0.3 is 9.24 Å². The number of rotatable bonds is 2. The van der Waals surface area contributed by atoms with Gasteiger partial charge in [-0.25, -0.2) is 9.29 Å². The standard InChI is InChI=1S/C7H8ClN3O3S/c1-10-3-5(9-4-10)6-2-7(12)11(6)15(8,13)14/h3-4,6H,2H2,1H3. The Morgan fingerprint density at radius 2 is 2.27 bits per heavy atom. The van der Waals surface area contributed by atoms with Crippen LogP contribution in [-0.4, -0.2) is 28.2 Å². The quantitative estimate of drug-likeness (QED) is 0.554. The van der Waals surface area contributed by atoms with Gasteiger partial charge in [-0.3, -0.25) is 4.79 Å². The molecule has 0 aromatic carbocycles. The summed E-state index contributed by atoms with van der Waals surface area (Å²) in [6.45, 7) is 0. The maximum atomic E-state index is 11.1. The molecule has 0 radical (unpaired) electrons. The van der Waals surface area contributed by atoms with Crippen LogP contribution in [0.25, 0.3) is 0 Å². The third kappa shape index (κ3) is 1.72. The van der Waals surface area contributed by atoms with Crippen LogP contribution >= 0.6 is 10.7 Å². The lowest BCUT2D eigenvalue weighted by Gasteiger charge is -2.35.